The van der Waals surface area contributed by atoms with E-state index in [4.69, 9.17) is 5.73 Å². The Morgan fingerprint density at radius 2 is 1.73 bits per heavy atom. The van der Waals surface area contributed by atoms with Gasteiger partial charge in [0.2, 0.25) is 0 Å². The van der Waals surface area contributed by atoms with Crippen LogP contribution in [0.4, 0.5) is 4.39 Å². The standard InChI is InChI=1S/C20H21FN2O2.ClH/c1-20(12-22)10-11-23(13-20)19(25)17-5-3-2-4-16(17)18(24)14-6-8-15(21)9-7-14;/h2-9H,10-13,22H2,1H3;1H. The topological polar surface area (TPSA) is 63.4 Å². The van der Waals surface area contributed by atoms with E-state index in [-0.39, 0.29) is 29.5 Å². The second-order valence-corrected chi connectivity index (χ2v) is 6.87. The number of carbonyl (C=O) groups is 2. The number of amides is 1. The van der Waals surface area contributed by atoms with Crippen LogP contribution in [0, 0.1) is 11.2 Å². The van der Waals surface area contributed by atoms with Crippen molar-refractivity contribution in [3.05, 3.63) is 71.0 Å². The Bertz CT molecular complexity index is 810. The lowest BCUT2D eigenvalue weighted by Gasteiger charge is -2.23. The van der Waals surface area contributed by atoms with Gasteiger partial charge in [-0.25, -0.2) is 4.39 Å². The Morgan fingerprint density at radius 3 is 2.31 bits per heavy atom. The van der Waals surface area contributed by atoms with Crippen molar-refractivity contribution in [1.29, 1.82) is 0 Å². The lowest BCUT2D eigenvalue weighted by atomic mass is 9.90. The van der Waals surface area contributed by atoms with Gasteiger partial charge in [-0.05, 0) is 48.7 Å². The van der Waals surface area contributed by atoms with E-state index in [1.54, 1.807) is 29.2 Å². The predicted molar refractivity (Wildman–Crippen MR) is 101 cm³/mol. The molecule has 1 atom stereocenters. The van der Waals surface area contributed by atoms with Gasteiger partial charge in [-0.2, -0.15) is 0 Å². The molecule has 1 fully saturated rings. The molecule has 26 heavy (non-hydrogen) atoms. The Hall–Kier alpha value is -2.24. The van der Waals surface area contributed by atoms with Crippen LogP contribution < -0.4 is 5.73 Å². The van der Waals surface area contributed by atoms with Crippen LogP contribution in [-0.4, -0.2) is 36.2 Å². The molecule has 1 aliphatic heterocycles. The van der Waals surface area contributed by atoms with Gasteiger partial charge in [0.25, 0.3) is 5.91 Å². The molecule has 6 heteroatoms. The zero-order valence-corrected chi connectivity index (χ0v) is 15.4. The van der Waals surface area contributed by atoms with Crippen molar-refractivity contribution in [3.63, 3.8) is 0 Å². The van der Waals surface area contributed by atoms with Gasteiger partial charge in [-0.1, -0.05) is 25.1 Å². The molecule has 0 aliphatic carbocycles. The molecule has 0 saturated carbocycles. The summed E-state index contributed by atoms with van der Waals surface area (Å²) in [6, 6.07) is 12.1. The monoisotopic (exact) mass is 376 g/mol. The smallest absolute Gasteiger partial charge is 0.254 e. The fraction of sp³-hybridized carbons (Fsp3) is 0.300. The van der Waals surface area contributed by atoms with E-state index < -0.39 is 5.82 Å². The van der Waals surface area contributed by atoms with E-state index >= 15 is 0 Å². The van der Waals surface area contributed by atoms with Crippen molar-refractivity contribution in [2.45, 2.75) is 13.3 Å². The zero-order chi connectivity index (χ0) is 18.0. The first-order valence-corrected chi connectivity index (χ1v) is 8.32. The molecule has 1 unspecified atom stereocenters. The lowest BCUT2D eigenvalue weighted by Crippen LogP contribution is -2.35. The molecule has 3 rings (SSSR count). The Kier molecular flexibility index (Phi) is 6.16. The van der Waals surface area contributed by atoms with Gasteiger partial charge in [0, 0.05) is 24.2 Å². The summed E-state index contributed by atoms with van der Waals surface area (Å²) in [6.07, 6.45) is 0.851. The molecule has 2 aromatic rings. The fourth-order valence-corrected chi connectivity index (χ4v) is 3.16. The maximum Gasteiger partial charge on any atom is 0.254 e. The van der Waals surface area contributed by atoms with E-state index in [2.05, 4.69) is 6.92 Å². The van der Waals surface area contributed by atoms with Gasteiger partial charge in [0.1, 0.15) is 5.82 Å². The van der Waals surface area contributed by atoms with Crippen LogP contribution in [0.3, 0.4) is 0 Å². The van der Waals surface area contributed by atoms with E-state index in [9.17, 15) is 14.0 Å². The number of hydrogen-bond acceptors (Lipinski definition) is 3. The van der Waals surface area contributed by atoms with E-state index in [1.807, 2.05) is 0 Å². The molecule has 1 amide bonds. The molecule has 0 bridgehead atoms. The van der Waals surface area contributed by atoms with Crippen molar-refractivity contribution in [3.8, 4) is 0 Å². The molecule has 2 aromatic carbocycles. The number of benzene rings is 2. The third kappa shape index (κ3) is 3.94. The number of nitrogens with zero attached hydrogens (tertiary/aromatic N) is 1. The molecule has 0 spiro atoms. The number of hydrogen-bond donors (Lipinski definition) is 1. The van der Waals surface area contributed by atoms with Gasteiger partial charge in [-0.3, -0.25) is 9.59 Å². The molecule has 1 heterocycles. The summed E-state index contributed by atoms with van der Waals surface area (Å²) < 4.78 is 13.1. The minimum atomic E-state index is -0.404. The van der Waals surface area contributed by atoms with Crippen molar-refractivity contribution in [2.24, 2.45) is 11.1 Å². The quantitative estimate of drug-likeness (QED) is 0.833. The maximum absolute atomic E-state index is 13.1. The predicted octanol–water partition coefficient (Wildman–Crippen LogP) is 3.29. The molecule has 4 nitrogen and oxygen atoms in total. The minimum absolute atomic E-state index is 0. The number of rotatable bonds is 4. The summed E-state index contributed by atoms with van der Waals surface area (Å²) in [6.45, 7) is 3.80. The van der Waals surface area contributed by atoms with Crippen LogP contribution in [0.15, 0.2) is 48.5 Å². The summed E-state index contributed by atoms with van der Waals surface area (Å²) in [5.41, 5.74) is 6.80. The summed E-state index contributed by atoms with van der Waals surface area (Å²) >= 11 is 0. The van der Waals surface area contributed by atoms with Crippen LogP contribution in [0.2, 0.25) is 0 Å². The summed E-state index contributed by atoms with van der Waals surface area (Å²) in [5.74, 6) is -0.855. The summed E-state index contributed by atoms with van der Waals surface area (Å²) in [4.78, 5) is 27.5. The average molecular weight is 377 g/mol. The molecule has 138 valence electrons. The number of ketones is 1. The van der Waals surface area contributed by atoms with Crippen molar-refractivity contribution in [2.75, 3.05) is 19.6 Å². The first kappa shape index (κ1) is 20.1. The minimum Gasteiger partial charge on any atom is -0.338 e. The second-order valence-electron chi connectivity index (χ2n) is 6.87. The van der Waals surface area contributed by atoms with Gasteiger partial charge in [0.05, 0.1) is 5.56 Å². The van der Waals surface area contributed by atoms with Gasteiger partial charge >= 0.3 is 0 Å². The molecular formula is C20H22ClFN2O2. The zero-order valence-electron chi connectivity index (χ0n) is 14.6. The first-order chi connectivity index (χ1) is 11.9. The fourth-order valence-electron chi connectivity index (χ4n) is 3.16. The van der Waals surface area contributed by atoms with Crippen LogP contribution >= 0.6 is 12.4 Å². The highest BCUT2D eigenvalue weighted by molar-refractivity contribution is 6.15. The van der Waals surface area contributed by atoms with Gasteiger partial charge in [0.15, 0.2) is 5.78 Å². The second kappa shape index (κ2) is 7.98. The number of halogens is 2. The lowest BCUT2D eigenvalue weighted by molar-refractivity contribution is 0.0772. The third-order valence-corrected chi connectivity index (χ3v) is 4.85. The van der Waals surface area contributed by atoms with Crippen LogP contribution in [0.25, 0.3) is 0 Å². The first-order valence-electron chi connectivity index (χ1n) is 8.32. The van der Waals surface area contributed by atoms with Gasteiger partial charge in [-0.15, -0.1) is 12.4 Å². The number of nitrogens with two attached hydrogens (primary N) is 1. The molecule has 0 aromatic heterocycles. The van der Waals surface area contributed by atoms with Crippen LogP contribution in [0.1, 0.15) is 39.6 Å². The molecule has 0 radical (unpaired) electrons. The highest BCUT2D eigenvalue weighted by Crippen LogP contribution is 2.30. The van der Waals surface area contributed by atoms with Crippen LogP contribution in [0.5, 0.6) is 0 Å². The largest absolute Gasteiger partial charge is 0.338 e. The molecular weight excluding hydrogens is 355 g/mol. The van der Waals surface area contributed by atoms with Crippen molar-refractivity contribution in [1.82, 2.24) is 4.90 Å². The van der Waals surface area contributed by atoms with Crippen molar-refractivity contribution >= 4 is 24.1 Å². The van der Waals surface area contributed by atoms with E-state index in [0.29, 0.717) is 36.3 Å². The SMILES string of the molecule is CC1(CN)CCN(C(=O)c2ccccc2C(=O)c2ccc(F)cc2)C1.Cl. The molecule has 1 aliphatic rings. The average Bonchev–Trinajstić information content (AvgIpc) is 3.04. The van der Waals surface area contributed by atoms with E-state index in [1.165, 1.54) is 24.3 Å². The molecule has 2 N–H and O–H groups in total. The summed E-state index contributed by atoms with van der Waals surface area (Å²) in [7, 11) is 0. The Balaban J connectivity index is 0.00000243. The normalized spacial score (nSPS) is 19.1. The number of carbonyl (C=O) groups excluding carboxylic acids is 2. The third-order valence-electron chi connectivity index (χ3n) is 4.85. The van der Waals surface area contributed by atoms with Crippen molar-refractivity contribution < 1.29 is 14.0 Å². The van der Waals surface area contributed by atoms with Crippen LogP contribution in [-0.2, 0) is 0 Å². The Labute approximate surface area is 158 Å². The maximum atomic E-state index is 13.1. The van der Waals surface area contributed by atoms with Gasteiger partial charge < -0.3 is 10.6 Å². The molecule has 1 saturated heterocycles. The highest BCUT2D eigenvalue weighted by atomic mass is 35.5. The Morgan fingerprint density at radius 1 is 1.12 bits per heavy atom. The highest BCUT2D eigenvalue weighted by Gasteiger charge is 2.36. The summed E-state index contributed by atoms with van der Waals surface area (Å²) in [5, 5.41) is 0. The van der Waals surface area contributed by atoms with E-state index in [0.717, 1.165) is 6.42 Å². The number of likely N-dealkylation sites (tertiary alicyclic amines) is 1.